The molecule has 0 aliphatic carbocycles. The number of hydrogen-bond acceptors (Lipinski definition) is 4. The third-order valence-electron chi connectivity index (χ3n) is 3.59. The van der Waals surface area contributed by atoms with E-state index in [4.69, 9.17) is 0 Å². The molecule has 150 valence electrons. The molecule has 0 fully saturated rings. The molecular formula is C18H15F5N2O3. The Bertz CT molecular complexity index is 872. The van der Waals surface area contributed by atoms with Crippen LogP contribution in [-0.2, 0) is 9.53 Å². The van der Waals surface area contributed by atoms with Crippen molar-refractivity contribution in [2.75, 3.05) is 11.9 Å². The van der Waals surface area contributed by atoms with Crippen molar-refractivity contribution in [3.8, 4) is 0 Å². The summed E-state index contributed by atoms with van der Waals surface area (Å²) in [5.41, 5.74) is -4.99. The van der Waals surface area contributed by atoms with Gasteiger partial charge in [0.1, 0.15) is 11.6 Å². The molecule has 2 aromatic carbocycles. The van der Waals surface area contributed by atoms with E-state index in [9.17, 15) is 31.5 Å². The fraction of sp³-hybridized carbons (Fsp3) is 0.222. The zero-order chi connectivity index (χ0) is 20.9. The lowest BCUT2D eigenvalue weighted by molar-refractivity contribution is -0.204. The number of ether oxygens (including phenoxy) is 1. The van der Waals surface area contributed by atoms with Crippen molar-refractivity contribution in [2.24, 2.45) is 0 Å². The van der Waals surface area contributed by atoms with E-state index in [1.54, 1.807) is 5.32 Å². The van der Waals surface area contributed by atoms with Gasteiger partial charge in [0.05, 0.1) is 12.3 Å². The summed E-state index contributed by atoms with van der Waals surface area (Å²) in [4.78, 5) is 24.6. The molecule has 0 aromatic heterocycles. The molecule has 28 heavy (non-hydrogen) atoms. The quantitative estimate of drug-likeness (QED) is 0.440. The highest BCUT2D eigenvalue weighted by Crippen LogP contribution is 2.34. The number of amides is 1. The summed E-state index contributed by atoms with van der Waals surface area (Å²) >= 11 is 0. The van der Waals surface area contributed by atoms with E-state index < -0.39 is 53.2 Å². The van der Waals surface area contributed by atoms with Crippen molar-refractivity contribution in [3.63, 3.8) is 0 Å². The first-order chi connectivity index (χ1) is 13.1. The second kappa shape index (κ2) is 8.24. The smallest absolute Gasteiger partial charge is 0.441 e. The summed E-state index contributed by atoms with van der Waals surface area (Å²) in [5, 5.41) is 3.19. The van der Waals surface area contributed by atoms with Gasteiger partial charge < -0.3 is 15.4 Å². The Hall–Kier alpha value is -3.17. The van der Waals surface area contributed by atoms with Gasteiger partial charge in [-0.1, -0.05) is 18.2 Å². The van der Waals surface area contributed by atoms with Crippen molar-refractivity contribution in [3.05, 3.63) is 65.7 Å². The number of anilines is 1. The minimum Gasteiger partial charge on any atom is -0.463 e. The Morgan fingerprint density at radius 2 is 1.71 bits per heavy atom. The molecule has 1 amide bonds. The van der Waals surface area contributed by atoms with E-state index in [0.29, 0.717) is 6.07 Å². The summed E-state index contributed by atoms with van der Waals surface area (Å²) in [6, 6.07) is 8.09. The van der Waals surface area contributed by atoms with Crippen LogP contribution in [0.1, 0.15) is 17.3 Å². The van der Waals surface area contributed by atoms with Gasteiger partial charge in [-0.3, -0.25) is 4.79 Å². The third-order valence-corrected chi connectivity index (χ3v) is 3.59. The van der Waals surface area contributed by atoms with E-state index >= 15 is 0 Å². The number of alkyl halides is 3. The van der Waals surface area contributed by atoms with Gasteiger partial charge in [0.15, 0.2) is 0 Å². The van der Waals surface area contributed by atoms with Crippen LogP contribution >= 0.6 is 0 Å². The molecule has 0 spiro atoms. The maximum absolute atomic E-state index is 13.9. The molecule has 0 radical (unpaired) electrons. The molecule has 1 atom stereocenters. The number of halogens is 5. The molecule has 2 N–H and O–H groups in total. The summed E-state index contributed by atoms with van der Waals surface area (Å²) in [5.74, 6) is -5.30. The number of para-hydroxylation sites is 1. The second-order valence-electron chi connectivity index (χ2n) is 5.54. The maximum Gasteiger partial charge on any atom is 0.441 e. The van der Waals surface area contributed by atoms with Gasteiger partial charge in [0.2, 0.25) is 0 Å². The van der Waals surface area contributed by atoms with Crippen molar-refractivity contribution < 1.29 is 36.3 Å². The fourth-order valence-electron chi connectivity index (χ4n) is 2.27. The molecule has 0 aliphatic heterocycles. The molecule has 0 unspecified atom stereocenters. The number of rotatable bonds is 6. The Labute approximate surface area is 156 Å². The standard InChI is InChI=1S/C18H15F5N2O3/c1-2-28-16(27)17(18(21,22)23,24-14-9-4-3-8-13(14)20)25-15(26)11-6-5-7-12(19)10-11/h3-10,24H,2H2,1H3,(H,25,26)/t17-/m1/s1. The lowest BCUT2D eigenvalue weighted by Crippen LogP contribution is -2.69. The second-order valence-corrected chi connectivity index (χ2v) is 5.54. The zero-order valence-electron chi connectivity index (χ0n) is 14.4. The Kier molecular flexibility index (Phi) is 6.22. The topological polar surface area (TPSA) is 67.4 Å². The number of benzene rings is 2. The highest BCUT2D eigenvalue weighted by atomic mass is 19.4. The molecular weight excluding hydrogens is 387 g/mol. The van der Waals surface area contributed by atoms with Crippen LogP contribution in [0.25, 0.3) is 0 Å². The first kappa shape index (κ1) is 21.1. The van der Waals surface area contributed by atoms with E-state index in [0.717, 1.165) is 30.3 Å². The largest absolute Gasteiger partial charge is 0.463 e. The van der Waals surface area contributed by atoms with Crippen LogP contribution in [0.3, 0.4) is 0 Å². The Morgan fingerprint density at radius 1 is 1.04 bits per heavy atom. The summed E-state index contributed by atoms with van der Waals surface area (Å²) < 4.78 is 73.6. The molecule has 2 aromatic rings. The summed E-state index contributed by atoms with van der Waals surface area (Å²) in [6.45, 7) is 0.821. The van der Waals surface area contributed by atoms with Gasteiger partial charge >= 0.3 is 17.8 Å². The first-order valence-electron chi connectivity index (χ1n) is 7.95. The molecule has 2 rings (SSSR count). The van der Waals surface area contributed by atoms with Crippen molar-refractivity contribution >= 4 is 17.6 Å². The number of carbonyl (C=O) groups is 2. The lowest BCUT2D eigenvalue weighted by atomic mass is 10.1. The van der Waals surface area contributed by atoms with Crippen LogP contribution in [0, 0.1) is 11.6 Å². The predicted molar refractivity (Wildman–Crippen MR) is 89.3 cm³/mol. The van der Waals surface area contributed by atoms with Crippen LogP contribution in [0.5, 0.6) is 0 Å². The van der Waals surface area contributed by atoms with E-state index in [1.807, 2.05) is 0 Å². The monoisotopic (exact) mass is 402 g/mol. The number of esters is 1. The molecule has 0 bridgehead atoms. The zero-order valence-corrected chi connectivity index (χ0v) is 14.4. The van der Waals surface area contributed by atoms with Gasteiger partial charge in [-0.25, -0.2) is 13.6 Å². The molecule has 0 aliphatic rings. The predicted octanol–water partition coefficient (Wildman–Crippen LogP) is 3.63. The van der Waals surface area contributed by atoms with E-state index in [-0.39, 0.29) is 0 Å². The molecule has 10 heteroatoms. The van der Waals surface area contributed by atoms with Gasteiger partial charge in [0, 0.05) is 5.56 Å². The normalized spacial score (nSPS) is 13.4. The number of carbonyl (C=O) groups excluding carboxylic acids is 2. The minimum atomic E-state index is -5.44. The van der Waals surface area contributed by atoms with Gasteiger partial charge in [0.25, 0.3) is 5.91 Å². The van der Waals surface area contributed by atoms with Crippen LogP contribution in [0.15, 0.2) is 48.5 Å². The van der Waals surface area contributed by atoms with Gasteiger partial charge in [-0.2, -0.15) is 13.2 Å². The van der Waals surface area contributed by atoms with Crippen LogP contribution in [0.2, 0.25) is 0 Å². The molecule has 0 saturated carbocycles. The number of nitrogens with one attached hydrogen (secondary N) is 2. The molecule has 0 saturated heterocycles. The summed E-state index contributed by atoms with van der Waals surface area (Å²) in [6.07, 6.45) is -5.44. The van der Waals surface area contributed by atoms with Crippen molar-refractivity contribution in [1.29, 1.82) is 0 Å². The lowest BCUT2D eigenvalue weighted by Gasteiger charge is -2.35. The SMILES string of the molecule is CCOC(=O)[C@](NC(=O)c1cccc(F)c1)(Nc1ccccc1F)C(F)(F)F. The highest BCUT2D eigenvalue weighted by Gasteiger charge is 2.64. The first-order valence-corrected chi connectivity index (χ1v) is 7.95. The van der Waals surface area contributed by atoms with Crippen LogP contribution in [0.4, 0.5) is 27.6 Å². The van der Waals surface area contributed by atoms with Crippen molar-refractivity contribution in [2.45, 2.75) is 18.8 Å². The van der Waals surface area contributed by atoms with Crippen LogP contribution in [-0.4, -0.2) is 30.3 Å². The maximum atomic E-state index is 13.9. The van der Waals surface area contributed by atoms with Gasteiger partial charge in [-0.05, 0) is 37.3 Å². The van der Waals surface area contributed by atoms with Gasteiger partial charge in [-0.15, -0.1) is 0 Å². The molecule has 0 heterocycles. The third kappa shape index (κ3) is 4.38. The minimum absolute atomic E-state index is 0.439. The van der Waals surface area contributed by atoms with Crippen molar-refractivity contribution in [1.82, 2.24) is 5.32 Å². The Balaban J connectivity index is 2.54. The molecule has 5 nitrogen and oxygen atoms in total. The van der Waals surface area contributed by atoms with E-state index in [2.05, 4.69) is 4.74 Å². The summed E-state index contributed by atoms with van der Waals surface area (Å²) in [7, 11) is 0. The fourth-order valence-corrected chi connectivity index (χ4v) is 2.27. The highest BCUT2D eigenvalue weighted by molar-refractivity contribution is 5.99. The average molecular weight is 402 g/mol. The van der Waals surface area contributed by atoms with Crippen LogP contribution < -0.4 is 10.6 Å². The average Bonchev–Trinajstić information content (AvgIpc) is 2.62. The van der Waals surface area contributed by atoms with E-state index in [1.165, 1.54) is 24.4 Å². The Morgan fingerprint density at radius 3 is 2.29 bits per heavy atom. The number of hydrogen-bond donors (Lipinski definition) is 2.